The third-order valence-electron chi connectivity index (χ3n) is 4.02. The first-order chi connectivity index (χ1) is 9.76. The van der Waals surface area contributed by atoms with Gasteiger partial charge in [0.05, 0.1) is 12.1 Å². The van der Waals surface area contributed by atoms with E-state index in [9.17, 15) is 9.59 Å². The second-order valence-corrected chi connectivity index (χ2v) is 7.11. The first-order valence-corrected chi connectivity index (χ1v) is 7.81. The summed E-state index contributed by atoms with van der Waals surface area (Å²) in [5, 5.41) is 2.94. The fourth-order valence-electron chi connectivity index (χ4n) is 3.19. The quantitative estimate of drug-likeness (QED) is 0.806. The lowest BCUT2D eigenvalue weighted by Crippen LogP contribution is -2.54. The minimum atomic E-state index is -0.514. The molecule has 1 aliphatic carbocycles. The number of alkyl carbamates (subject to hydrolysis) is 1. The summed E-state index contributed by atoms with van der Waals surface area (Å²) in [5.74, 6) is 0.102. The zero-order valence-corrected chi connectivity index (χ0v) is 13.2. The van der Waals surface area contributed by atoms with Gasteiger partial charge < -0.3 is 20.7 Å². The number of nitrogens with one attached hydrogen (secondary N) is 1. The topological polar surface area (TPSA) is 84.7 Å². The predicted molar refractivity (Wildman–Crippen MR) is 79.7 cm³/mol. The molecule has 2 aliphatic rings. The van der Waals surface area contributed by atoms with Gasteiger partial charge in [-0.05, 0) is 33.6 Å². The molecule has 2 rings (SSSR count). The van der Waals surface area contributed by atoms with E-state index in [1.807, 2.05) is 25.7 Å². The number of amides is 2. The molecule has 0 aromatic rings. The molecule has 3 unspecified atom stereocenters. The van der Waals surface area contributed by atoms with Gasteiger partial charge >= 0.3 is 6.09 Å². The Hall–Kier alpha value is -1.30. The minimum Gasteiger partial charge on any atom is -0.444 e. The molecule has 2 amide bonds. The highest BCUT2D eigenvalue weighted by Gasteiger charge is 2.38. The van der Waals surface area contributed by atoms with Gasteiger partial charge in [0.2, 0.25) is 5.91 Å². The fraction of sp³-hybridized carbons (Fsp3) is 0.867. The lowest BCUT2D eigenvalue weighted by Gasteiger charge is -2.38. The highest BCUT2D eigenvalue weighted by molar-refractivity contribution is 5.79. The molecule has 1 aliphatic heterocycles. The summed E-state index contributed by atoms with van der Waals surface area (Å²) in [4.78, 5) is 25.9. The van der Waals surface area contributed by atoms with Crippen LogP contribution in [0.15, 0.2) is 0 Å². The summed E-state index contributed by atoms with van der Waals surface area (Å²) < 4.78 is 5.32. The lowest BCUT2D eigenvalue weighted by molar-refractivity contribution is -0.130. The molecular formula is C15H27N3O3. The molecular weight excluding hydrogens is 270 g/mol. The normalized spacial score (nSPS) is 30.4. The van der Waals surface area contributed by atoms with Crippen molar-refractivity contribution in [3.05, 3.63) is 0 Å². The van der Waals surface area contributed by atoms with Crippen molar-refractivity contribution >= 4 is 12.0 Å². The Labute approximate surface area is 126 Å². The molecule has 0 bridgehead atoms. The van der Waals surface area contributed by atoms with E-state index >= 15 is 0 Å². The number of nitrogens with zero attached hydrogens (tertiary/aromatic N) is 1. The second kappa shape index (κ2) is 6.22. The maximum atomic E-state index is 12.0. The number of likely N-dealkylation sites (tertiary alicyclic amines) is 1. The van der Waals surface area contributed by atoms with E-state index in [2.05, 4.69) is 5.32 Å². The Morgan fingerprint density at radius 1 is 1.33 bits per heavy atom. The summed E-state index contributed by atoms with van der Waals surface area (Å²) in [6.07, 6.45) is 3.94. The second-order valence-electron chi connectivity index (χ2n) is 7.11. The third kappa shape index (κ3) is 4.33. The lowest BCUT2D eigenvalue weighted by atomic mass is 9.89. The molecule has 0 radical (unpaired) electrons. The molecule has 1 saturated carbocycles. The number of nitrogens with two attached hydrogens (primary N) is 1. The molecule has 21 heavy (non-hydrogen) atoms. The van der Waals surface area contributed by atoms with Crippen LogP contribution < -0.4 is 11.1 Å². The number of hydrogen-bond acceptors (Lipinski definition) is 4. The minimum absolute atomic E-state index is 0.0390. The van der Waals surface area contributed by atoms with Gasteiger partial charge in [-0.15, -0.1) is 0 Å². The highest BCUT2D eigenvalue weighted by atomic mass is 16.6. The number of ether oxygens (including phenoxy) is 1. The van der Waals surface area contributed by atoms with Gasteiger partial charge in [0.25, 0.3) is 0 Å². The molecule has 120 valence electrons. The molecule has 6 heteroatoms. The molecule has 0 aromatic heterocycles. The standard InChI is InChI=1S/C15H27N3O3/c1-15(2,3)21-14(20)17-11-6-4-5-7-12(11)18-9-10(16)8-13(18)19/h10-12H,4-9,16H2,1-3H3,(H,17,20). The predicted octanol–water partition coefficient (Wildman–Crippen LogP) is 1.38. The van der Waals surface area contributed by atoms with E-state index in [0.29, 0.717) is 13.0 Å². The van der Waals surface area contributed by atoms with Crippen molar-refractivity contribution in [3.63, 3.8) is 0 Å². The van der Waals surface area contributed by atoms with Gasteiger partial charge in [0.1, 0.15) is 5.60 Å². The van der Waals surface area contributed by atoms with Gasteiger partial charge in [-0.25, -0.2) is 4.79 Å². The molecule has 1 saturated heterocycles. The Morgan fingerprint density at radius 2 is 2.00 bits per heavy atom. The monoisotopic (exact) mass is 297 g/mol. The third-order valence-corrected chi connectivity index (χ3v) is 4.02. The molecule has 3 atom stereocenters. The number of rotatable bonds is 2. The molecule has 3 N–H and O–H groups in total. The maximum absolute atomic E-state index is 12.0. The zero-order valence-electron chi connectivity index (χ0n) is 13.2. The Morgan fingerprint density at radius 3 is 2.57 bits per heavy atom. The van der Waals surface area contributed by atoms with Crippen LogP contribution in [0.4, 0.5) is 4.79 Å². The van der Waals surface area contributed by atoms with Crippen LogP contribution in [-0.4, -0.2) is 47.2 Å². The van der Waals surface area contributed by atoms with Crippen LogP contribution in [0.1, 0.15) is 52.9 Å². The van der Waals surface area contributed by atoms with Crippen molar-refractivity contribution in [1.29, 1.82) is 0 Å². The summed E-state index contributed by atoms with van der Waals surface area (Å²) >= 11 is 0. The van der Waals surface area contributed by atoms with Crippen molar-refractivity contribution in [2.45, 2.75) is 76.6 Å². The van der Waals surface area contributed by atoms with Gasteiger partial charge in [-0.2, -0.15) is 0 Å². The van der Waals surface area contributed by atoms with E-state index in [4.69, 9.17) is 10.5 Å². The van der Waals surface area contributed by atoms with E-state index in [0.717, 1.165) is 25.7 Å². The maximum Gasteiger partial charge on any atom is 0.407 e. The summed E-state index contributed by atoms with van der Waals surface area (Å²) in [6.45, 7) is 6.12. The highest BCUT2D eigenvalue weighted by Crippen LogP contribution is 2.27. The van der Waals surface area contributed by atoms with Gasteiger partial charge in [-0.1, -0.05) is 12.8 Å². The van der Waals surface area contributed by atoms with Crippen molar-refractivity contribution in [1.82, 2.24) is 10.2 Å². The van der Waals surface area contributed by atoms with Crippen LogP contribution in [0.2, 0.25) is 0 Å². The number of carbonyl (C=O) groups is 2. The fourth-order valence-corrected chi connectivity index (χ4v) is 3.19. The molecule has 6 nitrogen and oxygen atoms in total. The summed E-state index contributed by atoms with van der Waals surface area (Å²) in [5.41, 5.74) is 5.36. The van der Waals surface area contributed by atoms with Crippen molar-refractivity contribution in [2.24, 2.45) is 5.73 Å². The van der Waals surface area contributed by atoms with Crippen molar-refractivity contribution < 1.29 is 14.3 Å². The Kier molecular flexibility index (Phi) is 4.76. The van der Waals surface area contributed by atoms with Crippen LogP contribution in [0.3, 0.4) is 0 Å². The SMILES string of the molecule is CC(C)(C)OC(=O)NC1CCCCC1N1CC(N)CC1=O. The van der Waals surface area contributed by atoms with E-state index < -0.39 is 11.7 Å². The largest absolute Gasteiger partial charge is 0.444 e. The van der Waals surface area contributed by atoms with Crippen LogP contribution in [-0.2, 0) is 9.53 Å². The smallest absolute Gasteiger partial charge is 0.407 e. The van der Waals surface area contributed by atoms with Crippen LogP contribution >= 0.6 is 0 Å². The van der Waals surface area contributed by atoms with Crippen molar-refractivity contribution in [3.8, 4) is 0 Å². The van der Waals surface area contributed by atoms with Crippen LogP contribution in [0.25, 0.3) is 0 Å². The Balaban J connectivity index is 1.99. The Bertz CT molecular complexity index is 405. The molecule has 0 spiro atoms. The molecule has 0 aromatic carbocycles. The average molecular weight is 297 g/mol. The van der Waals surface area contributed by atoms with E-state index in [1.165, 1.54) is 0 Å². The van der Waals surface area contributed by atoms with E-state index in [-0.39, 0.29) is 24.0 Å². The zero-order chi connectivity index (χ0) is 15.6. The van der Waals surface area contributed by atoms with Crippen LogP contribution in [0, 0.1) is 0 Å². The molecule has 1 heterocycles. The first kappa shape index (κ1) is 16.1. The van der Waals surface area contributed by atoms with Crippen molar-refractivity contribution in [2.75, 3.05) is 6.54 Å². The van der Waals surface area contributed by atoms with Gasteiger partial charge in [-0.3, -0.25) is 4.79 Å². The first-order valence-electron chi connectivity index (χ1n) is 7.81. The summed E-state index contributed by atoms with van der Waals surface area (Å²) in [6, 6.07) is -0.0724. The number of hydrogen-bond donors (Lipinski definition) is 2. The number of carbonyl (C=O) groups excluding carboxylic acids is 2. The van der Waals surface area contributed by atoms with Gasteiger partial charge in [0.15, 0.2) is 0 Å². The molecule has 2 fully saturated rings. The van der Waals surface area contributed by atoms with Crippen LogP contribution in [0.5, 0.6) is 0 Å². The summed E-state index contributed by atoms with van der Waals surface area (Å²) in [7, 11) is 0. The van der Waals surface area contributed by atoms with E-state index in [1.54, 1.807) is 0 Å². The van der Waals surface area contributed by atoms with Gasteiger partial charge in [0, 0.05) is 19.0 Å². The average Bonchev–Trinajstić information content (AvgIpc) is 2.66.